The SMILES string of the molecule is C1CN2CCN1CC2.[H+]. The van der Waals surface area contributed by atoms with E-state index in [-0.39, 0.29) is 1.43 Å². The number of rotatable bonds is 0. The Labute approximate surface area is 51.6 Å². The van der Waals surface area contributed by atoms with Crippen LogP contribution in [0.15, 0.2) is 0 Å². The van der Waals surface area contributed by atoms with Crippen LogP contribution in [0.1, 0.15) is 1.43 Å². The Balaban J connectivity index is 0.000000405. The van der Waals surface area contributed by atoms with E-state index in [1.54, 1.807) is 0 Å². The van der Waals surface area contributed by atoms with Crippen LogP contribution < -0.4 is 0 Å². The molecule has 0 aromatic rings. The molecule has 3 aliphatic rings. The van der Waals surface area contributed by atoms with E-state index in [1.807, 2.05) is 0 Å². The van der Waals surface area contributed by atoms with Crippen LogP contribution in [-0.2, 0) is 0 Å². The maximum Gasteiger partial charge on any atom is 1.00 e. The molecule has 2 nitrogen and oxygen atoms in total. The molecule has 3 rings (SSSR count). The van der Waals surface area contributed by atoms with Crippen molar-refractivity contribution in [1.82, 2.24) is 9.80 Å². The lowest BCUT2D eigenvalue weighted by Gasteiger charge is -2.41. The summed E-state index contributed by atoms with van der Waals surface area (Å²) in [4.78, 5) is 5.08. The molecule has 2 bridgehead atoms. The number of fused-ring (bicyclic) bond motifs is 3. The fourth-order valence-electron chi connectivity index (χ4n) is 1.52. The van der Waals surface area contributed by atoms with E-state index in [0.29, 0.717) is 0 Å². The summed E-state index contributed by atoms with van der Waals surface area (Å²) in [6, 6.07) is 0. The lowest BCUT2D eigenvalue weighted by Crippen LogP contribution is -2.55. The number of hydrogen-bond acceptors (Lipinski definition) is 2. The maximum absolute atomic E-state index is 2.54. The van der Waals surface area contributed by atoms with Crippen molar-refractivity contribution in [1.29, 1.82) is 0 Å². The van der Waals surface area contributed by atoms with Crippen molar-refractivity contribution in [2.24, 2.45) is 0 Å². The highest BCUT2D eigenvalue weighted by Gasteiger charge is 2.21. The second-order valence-electron chi connectivity index (χ2n) is 2.68. The minimum absolute atomic E-state index is 0. The normalized spacial score (nSPS) is 45.0. The van der Waals surface area contributed by atoms with Crippen molar-refractivity contribution >= 4 is 0 Å². The van der Waals surface area contributed by atoms with Gasteiger partial charge >= 0.3 is 1.43 Å². The van der Waals surface area contributed by atoms with E-state index in [9.17, 15) is 0 Å². The van der Waals surface area contributed by atoms with Crippen LogP contribution in [0.25, 0.3) is 0 Å². The second kappa shape index (κ2) is 1.71. The predicted molar refractivity (Wildman–Crippen MR) is 34.0 cm³/mol. The standard InChI is InChI=1S/C6H12N2/c1-2-8-5-3-7(1)4-6-8/h1-6H2/p+1. The van der Waals surface area contributed by atoms with Crippen LogP contribution in [0, 0.1) is 0 Å². The molecule has 8 heavy (non-hydrogen) atoms. The molecule has 3 aliphatic heterocycles. The molecule has 0 aromatic carbocycles. The molecule has 0 atom stereocenters. The van der Waals surface area contributed by atoms with Crippen LogP contribution in [-0.4, -0.2) is 49.1 Å². The summed E-state index contributed by atoms with van der Waals surface area (Å²) in [5.41, 5.74) is 0. The van der Waals surface area contributed by atoms with Gasteiger partial charge in [0.05, 0.1) is 0 Å². The van der Waals surface area contributed by atoms with Crippen LogP contribution in [0.5, 0.6) is 0 Å². The van der Waals surface area contributed by atoms with Crippen molar-refractivity contribution in [3.05, 3.63) is 0 Å². The first-order valence-electron chi connectivity index (χ1n) is 3.40. The molecule has 0 N–H and O–H groups in total. The first kappa shape index (κ1) is 4.77. The Morgan fingerprint density at radius 3 is 1.00 bits per heavy atom. The molecule has 0 unspecified atom stereocenters. The monoisotopic (exact) mass is 113 g/mol. The van der Waals surface area contributed by atoms with Gasteiger partial charge in [-0.25, -0.2) is 0 Å². The molecule has 0 aromatic heterocycles. The number of hydrogen-bond donors (Lipinski definition) is 0. The van der Waals surface area contributed by atoms with E-state index >= 15 is 0 Å². The first-order valence-corrected chi connectivity index (χ1v) is 3.40. The smallest absolute Gasteiger partial charge is 0.300 e. The van der Waals surface area contributed by atoms with Crippen molar-refractivity contribution in [2.45, 2.75) is 0 Å². The maximum atomic E-state index is 2.54. The molecule has 0 amide bonds. The van der Waals surface area contributed by atoms with E-state index in [4.69, 9.17) is 0 Å². The predicted octanol–water partition coefficient (Wildman–Crippen LogP) is -0.270. The molecule has 3 fully saturated rings. The molecule has 3 saturated heterocycles. The summed E-state index contributed by atoms with van der Waals surface area (Å²) in [5.74, 6) is 0. The summed E-state index contributed by atoms with van der Waals surface area (Å²) in [6.45, 7) is 7.92. The van der Waals surface area contributed by atoms with Gasteiger partial charge in [0.2, 0.25) is 0 Å². The van der Waals surface area contributed by atoms with Gasteiger partial charge in [-0.05, 0) is 0 Å². The average Bonchev–Trinajstić information content (AvgIpc) is 1.92. The van der Waals surface area contributed by atoms with E-state index < -0.39 is 0 Å². The third-order valence-electron chi connectivity index (χ3n) is 2.20. The summed E-state index contributed by atoms with van der Waals surface area (Å²) < 4.78 is 0. The third kappa shape index (κ3) is 0.644. The zero-order valence-corrected chi connectivity index (χ0v) is 5.14. The highest BCUT2D eigenvalue weighted by molar-refractivity contribution is 4.78. The zero-order valence-electron chi connectivity index (χ0n) is 6.14. The van der Waals surface area contributed by atoms with Crippen LogP contribution in [0.2, 0.25) is 0 Å². The summed E-state index contributed by atoms with van der Waals surface area (Å²) in [7, 11) is 0. The topological polar surface area (TPSA) is 6.48 Å². The first-order chi connectivity index (χ1) is 3.95. The van der Waals surface area contributed by atoms with E-state index in [1.165, 1.54) is 39.3 Å². The zero-order chi connectivity index (χ0) is 5.40. The van der Waals surface area contributed by atoms with Gasteiger partial charge in [0.1, 0.15) is 0 Å². The quantitative estimate of drug-likeness (QED) is 0.426. The van der Waals surface area contributed by atoms with Gasteiger partial charge in [-0.15, -0.1) is 0 Å². The van der Waals surface area contributed by atoms with Gasteiger partial charge in [-0.2, -0.15) is 0 Å². The highest BCUT2D eigenvalue weighted by Crippen LogP contribution is 2.06. The van der Waals surface area contributed by atoms with Gasteiger partial charge < -0.3 is 0 Å². The Morgan fingerprint density at radius 2 is 0.875 bits per heavy atom. The molecule has 0 radical (unpaired) electrons. The lowest BCUT2D eigenvalue weighted by atomic mass is 10.2. The fraction of sp³-hybridized carbons (Fsp3) is 1.00. The Kier molecular flexibility index (Phi) is 1.02. The highest BCUT2D eigenvalue weighted by atomic mass is 15.3. The Bertz CT molecular complexity index is 66.0. The number of nitrogens with zero attached hydrogens (tertiary/aromatic N) is 2. The van der Waals surface area contributed by atoms with Gasteiger partial charge in [-0.3, -0.25) is 9.80 Å². The van der Waals surface area contributed by atoms with Gasteiger partial charge in [-0.1, -0.05) is 0 Å². The second-order valence-corrected chi connectivity index (χ2v) is 2.68. The van der Waals surface area contributed by atoms with Crippen molar-refractivity contribution in [3.63, 3.8) is 0 Å². The van der Waals surface area contributed by atoms with Crippen molar-refractivity contribution in [2.75, 3.05) is 39.3 Å². The van der Waals surface area contributed by atoms with Gasteiger partial charge in [0.15, 0.2) is 0 Å². The molecule has 0 aliphatic carbocycles. The Morgan fingerprint density at radius 1 is 0.625 bits per heavy atom. The molecule has 0 saturated carbocycles. The molecule has 46 valence electrons. The molecular formula is C6H13N2+. The minimum atomic E-state index is 0. The van der Waals surface area contributed by atoms with Crippen molar-refractivity contribution < 1.29 is 1.43 Å². The third-order valence-corrected chi connectivity index (χ3v) is 2.20. The summed E-state index contributed by atoms with van der Waals surface area (Å²) in [6.07, 6.45) is 0. The molecule has 2 heteroatoms. The summed E-state index contributed by atoms with van der Waals surface area (Å²) >= 11 is 0. The van der Waals surface area contributed by atoms with Crippen molar-refractivity contribution in [3.8, 4) is 0 Å². The largest absolute Gasteiger partial charge is 1.00 e. The lowest BCUT2D eigenvalue weighted by molar-refractivity contribution is 0.0647. The van der Waals surface area contributed by atoms with Crippen LogP contribution in [0.4, 0.5) is 0 Å². The van der Waals surface area contributed by atoms with Gasteiger partial charge in [0.25, 0.3) is 0 Å². The van der Waals surface area contributed by atoms with Gasteiger partial charge in [0, 0.05) is 39.3 Å². The van der Waals surface area contributed by atoms with Crippen LogP contribution >= 0.6 is 0 Å². The van der Waals surface area contributed by atoms with Crippen LogP contribution in [0.3, 0.4) is 0 Å². The fourth-order valence-corrected chi connectivity index (χ4v) is 1.52. The molecule has 3 heterocycles. The summed E-state index contributed by atoms with van der Waals surface area (Å²) in [5, 5.41) is 0. The van der Waals surface area contributed by atoms with E-state index in [0.717, 1.165) is 0 Å². The van der Waals surface area contributed by atoms with E-state index in [2.05, 4.69) is 9.80 Å². The molecule has 0 spiro atoms. The number of piperazine rings is 3. The Hall–Kier alpha value is -0.0800. The molecular weight excluding hydrogens is 100 g/mol. The average molecular weight is 113 g/mol. The minimum Gasteiger partial charge on any atom is -0.300 e.